The minimum Gasteiger partial charge on any atom is -0.385 e. The van der Waals surface area contributed by atoms with Gasteiger partial charge in [-0.3, -0.25) is 4.99 Å². The van der Waals surface area contributed by atoms with Crippen molar-refractivity contribution in [1.29, 1.82) is 0 Å². The van der Waals surface area contributed by atoms with Gasteiger partial charge in [0.15, 0.2) is 15.8 Å². The van der Waals surface area contributed by atoms with Gasteiger partial charge in [-0.1, -0.05) is 18.2 Å². The van der Waals surface area contributed by atoms with E-state index in [1.807, 2.05) is 13.0 Å². The Morgan fingerprint density at radius 1 is 1.21 bits per heavy atom. The van der Waals surface area contributed by atoms with Gasteiger partial charge in [0.2, 0.25) is 0 Å². The Labute approximate surface area is 192 Å². The van der Waals surface area contributed by atoms with Gasteiger partial charge >= 0.3 is 0 Å². The van der Waals surface area contributed by atoms with Crippen LogP contribution in [0.2, 0.25) is 0 Å². The number of hydrogen-bond acceptors (Lipinski definition) is 5. The zero-order valence-electron chi connectivity index (χ0n) is 17.4. The molecular weight excluding hydrogens is 505 g/mol. The Bertz CT molecular complexity index is 693. The summed E-state index contributed by atoms with van der Waals surface area (Å²) in [6.45, 7) is 6.16. The fraction of sp³-hybridized carbons (Fsp3) is 0.650. The van der Waals surface area contributed by atoms with Gasteiger partial charge in [0.05, 0.1) is 23.3 Å². The molecule has 1 heterocycles. The van der Waals surface area contributed by atoms with E-state index in [9.17, 15) is 8.42 Å². The summed E-state index contributed by atoms with van der Waals surface area (Å²) in [4.78, 5) is 7.09. The zero-order chi connectivity index (χ0) is 20.2. The molecule has 2 rings (SSSR count). The van der Waals surface area contributed by atoms with Crippen LogP contribution in [0.4, 0.5) is 0 Å². The van der Waals surface area contributed by atoms with Crippen molar-refractivity contribution in [3.63, 3.8) is 0 Å². The summed E-state index contributed by atoms with van der Waals surface area (Å²) in [5.74, 6) is 0.786. The highest BCUT2D eigenvalue weighted by Crippen LogP contribution is 2.15. The van der Waals surface area contributed by atoms with E-state index in [2.05, 4.69) is 15.2 Å². The zero-order valence-corrected chi connectivity index (χ0v) is 20.5. The number of methoxy groups -OCH3 is 1. The Morgan fingerprint density at radius 2 is 1.90 bits per heavy atom. The summed E-state index contributed by atoms with van der Waals surface area (Å²) >= 11 is 0. The summed E-state index contributed by atoms with van der Waals surface area (Å²) in [7, 11) is -1.61. The van der Waals surface area contributed by atoms with Gasteiger partial charge in [-0.25, -0.2) is 8.42 Å². The van der Waals surface area contributed by atoms with Crippen molar-refractivity contribution in [3.05, 3.63) is 30.3 Å². The van der Waals surface area contributed by atoms with Crippen LogP contribution in [-0.4, -0.2) is 77.6 Å². The molecule has 0 aromatic heterocycles. The smallest absolute Gasteiger partial charge is 0.193 e. The Balaban J connectivity index is 0.00000420. The second-order valence-corrected chi connectivity index (χ2v) is 8.88. The van der Waals surface area contributed by atoms with E-state index in [4.69, 9.17) is 9.47 Å². The third kappa shape index (κ3) is 9.18. The number of ether oxygens (including phenoxy) is 2. The molecule has 0 unspecified atom stereocenters. The SMILES string of the molecule is CCNC(=NCCS(=O)(=O)c1ccccc1)N1CCC(OCCCOC)CC1.I. The van der Waals surface area contributed by atoms with Crippen LogP contribution >= 0.6 is 24.0 Å². The fourth-order valence-electron chi connectivity index (χ4n) is 3.13. The number of guanidine groups is 1. The van der Waals surface area contributed by atoms with Crippen LogP contribution in [0, 0.1) is 0 Å². The third-order valence-electron chi connectivity index (χ3n) is 4.65. The van der Waals surface area contributed by atoms with Crippen molar-refractivity contribution < 1.29 is 17.9 Å². The number of nitrogens with zero attached hydrogens (tertiary/aromatic N) is 2. The van der Waals surface area contributed by atoms with E-state index in [1.165, 1.54) is 0 Å². The van der Waals surface area contributed by atoms with E-state index in [-0.39, 0.29) is 42.4 Å². The van der Waals surface area contributed by atoms with Crippen LogP contribution in [-0.2, 0) is 19.3 Å². The molecule has 0 saturated carbocycles. The van der Waals surface area contributed by atoms with Crippen LogP contribution in [0.5, 0.6) is 0 Å². The van der Waals surface area contributed by atoms with Crippen molar-refractivity contribution in [2.45, 2.75) is 37.2 Å². The summed E-state index contributed by atoms with van der Waals surface area (Å²) in [6.07, 6.45) is 3.07. The number of aliphatic imine (C=N–C) groups is 1. The summed E-state index contributed by atoms with van der Waals surface area (Å²) < 4.78 is 35.8. The largest absolute Gasteiger partial charge is 0.385 e. The average molecular weight is 539 g/mol. The molecule has 1 aliphatic rings. The number of hydrogen-bond donors (Lipinski definition) is 1. The molecule has 0 radical (unpaired) electrons. The molecule has 0 bridgehead atoms. The highest BCUT2D eigenvalue weighted by Gasteiger charge is 2.22. The van der Waals surface area contributed by atoms with Crippen molar-refractivity contribution >= 4 is 39.8 Å². The van der Waals surface area contributed by atoms with Crippen molar-refractivity contribution in [1.82, 2.24) is 10.2 Å². The third-order valence-corrected chi connectivity index (χ3v) is 6.36. The first-order valence-electron chi connectivity index (χ1n) is 9.98. The average Bonchev–Trinajstić information content (AvgIpc) is 2.72. The Hall–Kier alpha value is -0.910. The Kier molecular flexibility index (Phi) is 12.8. The molecule has 1 fully saturated rings. The minimum absolute atomic E-state index is 0. The molecule has 0 spiro atoms. The monoisotopic (exact) mass is 539 g/mol. The highest BCUT2D eigenvalue weighted by atomic mass is 127. The molecule has 7 nitrogen and oxygen atoms in total. The molecule has 1 aliphatic heterocycles. The van der Waals surface area contributed by atoms with E-state index in [0.717, 1.165) is 58.1 Å². The van der Waals surface area contributed by atoms with Crippen molar-refractivity contribution in [3.8, 4) is 0 Å². The predicted molar refractivity (Wildman–Crippen MR) is 127 cm³/mol. The van der Waals surface area contributed by atoms with Crippen molar-refractivity contribution in [2.75, 3.05) is 52.3 Å². The number of rotatable bonds is 10. The molecule has 1 N–H and O–H groups in total. The molecule has 166 valence electrons. The standard InChI is InChI=1S/C20H33N3O4S.HI/c1-3-21-20(22-12-17-28(24,25)19-8-5-4-6-9-19)23-13-10-18(11-14-23)27-16-7-15-26-2;/h4-6,8-9,18H,3,7,10-17H2,1-2H3,(H,21,22);1H. The van der Waals surface area contributed by atoms with Gasteiger partial charge in [-0.2, -0.15) is 0 Å². The second-order valence-electron chi connectivity index (χ2n) is 6.77. The lowest BCUT2D eigenvalue weighted by atomic mass is 10.1. The van der Waals surface area contributed by atoms with Crippen LogP contribution in [0.15, 0.2) is 40.2 Å². The number of benzene rings is 1. The fourth-order valence-corrected chi connectivity index (χ4v) is 4.27. The maximum absolute atomic E-state index is 12.4. The van der Waals surface area contributed by atoms with Crippen LogP contribution < -0.4 is 5.32 Å². The normalized spacial score (nSPS) is 15.8. The first kappa shape index (κ1) is 26.1. The second kappa shape index (κ2) is 14.2. The lowest BCUT2D eigenvalue weighted by Gasteiger charge is -2.34. The molecule has 1 saturated heterocycles. The van der Waals surface area contributed by atoms with Gasteiger partial charge in [0.1, 0.15) is 0 Å². The molecule has 9 heteroatoms. The molecule has 29 heavy (non-hydrogen) atoms. The molecule has 0 aliphatic carbocycles. The molecule has 1 aromatic rings. The number of halogens is 1. The van der Waals surface area contributed by atoms with Gasteiger partial charge in [-0.15, -0.1) is 24.0 Å². The van der Waals surface area contributed by atoms with Gasteiger partial charge < -0.3 is 19.7 Å². The number of piperidine rings is 1. The van der Waals surface area contributed by atoms with Gasteiger partial charge in [0, 0.05) is 40.0 Å². The maximum atomic E-state index is 12.4. The minimum atomic E-state index is -3.31. The summed E-state index contributed by atoms with van der Waals surface area (Å²) in [5, 5.41) is 3.28. The van der Waals surface area contributed by atoms with Gasteiger partial charge in [0.25, 0.3) is 0 Å². The van der Waals surface area contributed by atoms with Crippen LogP contribution in [0.25, 0.3) is 0 Å². The maximum Gasteiger partial charge on any atom is 0.193 e. The van der Waals surface area contributed by atoms with Crippen LogP contribution in [0.3, 0.4) is 0 Å². The van der Waals surface area contributed by atoms with E-state index in [0.29, 0.717) is 4.90 Å². The van der Waals surface area contributed by atoms with E-state index < -0.39 is 9.84 Å². The first-order valence-corrected chi connectivity index (χ1v) is 11.6. The van der Waals surface area contributed by atoms with Gasteiger partial charge in [-0.05, 0) is 38.3 Å². The Morgan fingerprint density at radius 3 is 2.52 bits per heavy atom. The van der Waals surface area contributed by atoms with Crippen molar-refractivity contribution in [2.24, 2.45) is 4.99 Å². The summed E-state index contributed by atoms with van der Waals surface area (Å²) in [5.41, 5.74) is 0. The van der Waals surface area contributed by atoms with Crippen LogP contribution in [0.1, 0.15) is 26.2 Å². The number of likely N-dealkylation sites (tertiary alicyclic amines) is 1. The molecular formula is C20H34IN3O4S. The van der Waals surface area contributed by atoms with E-state index in [1.54, 1.807) is 31.4 Å². The lowest BCUT2D eigenvalue weighted by molar-refractivity contribution is 0.00991. The molecule has 0 amide bonds. The summed E-state index contributed by atoms with van der Waals surface area (Å²) in [6, 6.07) is 8.54. The lowest BCUT2D eigenvalue weighted by Crippen LogP contribution is -2.47. The highest BCUT2D eigenvalue weighted by molar-refractivity contribution is 14.0. The number of sulfone groups is 1. The molecule has 1 aromatic carbocycles. The van der Waals surface area contributed by atoms with E-state index >= 15 is 0 Å². The number of nitrogens with one attached hydrogen (secondary N) is 1. The quantitative estimate of drug-likeness (QED) is 0.213. The first-order chi connectivity index (χ1) is 13.6. The predicted octanol–water partition coefficient (Wildman–Crippen LogP) is 2.56. The molecule has 0 atom stereocenters. The topological polar surface area (TPSA) is 80.2 Å².